The Morgan fingerprint density at radius 2 is 1.22 bits per heavy atom. The van der Waals surface area contributed by atoms with Crippen molar-refractivity contribution in [3.05, 3.63) is 0 Å². The van der Waals surface area contributed by atoms with Gasteiger partial charge in [-0.15, -0.1) is 0 Å². The van der Waals surface area contributed by atoms with Gasteiger partial charge in [0.15, 0.2) is 0 Å². The van der Waals surface area contributed by atoms with Crippen molar-refractivity contribution in [1.82, 2.24) is 19.6 Å². The second kappa shape index (κ2) is 14.6. The molecule has 12 nitrogen and oxygen atoms in total. The lowest BCUT2D eigenvalue weighted by atomic mass is 10.1. The van der Waals surface area contributed by atoms with E-state index in [0.717, 1.165) is 6.29 Å². The van der Waals surface area contributed by atoms with Gasteiger partial charge in [-0.05, 0) is 13.3 Å². The first-order valence-corrected chi connectivity index (χ1v) is 10.6. The predicted octanol–water partition coefficient (Wildman–Crippen LogP) is -1.60. The zero-order valence-corrected chi connectivity index (χ0v) is 18.5. The molecule has 12 heteroatoms. The molecule has 0 aromatic carbocycles. The summed E-state index contributed by atoms with van der Waals surface area (Å²) in [5.41, 5.74) is 0. The SMILES string of the molecule is CC(=O)CCC(C(=O)O)N1CCN(CC=O)CCN(CC(=O)O)CCN(CC(=O)O)CC1. The molecule has 1 atom stereocenters. The Morgan fingerprint density at radius 1 is 0.781 bits per heavy atom. The van der Waals surface area contributed by atoms with E-state index in [1.54, 1.807) is 14.7 Å². The minimum atomic E-state index is -1.06. The Labute approximate surface area is 187 Å². The highest BCUT2D eigenvalue weighted by Crippen LogP contribution is 2.10. The van der Waals surface area contributed by atoms with E-state index in [4.69, 9.17) is 5.11 Å². The van der Waals surface area contributed by atoms with E-state index in [0.29, 0.717) is 39.3 Å². The van der Waals surface area contributed by atoms with Gasteiger partial charge in [0.25, 0.3) is 0 Å². The first kappa shape index (κ1) is 27.6. The van der Waals surface area contributed by atoms with Crippen LogP contribution in [0.5, 0.6) is 0 Å². The Kier molecular flexibility index (Phi) is 12.6. The molecule has 1 aliphatic heterocycles. The van der Waals surface area contributed by atoms with Crippen LogP contribution in [0.2, 0.25) is 0 Å². The van der Waals surface area contributed by atoms with Crippen molar-refractivity contribution in [3.63, 3.8) is 0 Å². The van der Waals surface area contributed by atoms with E-state index in [1.807, 2.05) is 4.90 Å². The van der Waals surface area contributed by atoms with Crippen LogP contribution in [-0.2, 0) is 24.0 Å². The number of aldehydes is 1. The van der Waals surface area contributed by atoms with Crippen LogP contribution < -0.4 is 0 Å². The summed E-state index contributed by atoms with van der Waals surface area (Å²) in [6.45, 7) is 3.69. The summed E-state index contributed by atoms with van der Waals surface area (Å²) in [6, 6.07) is -0.907. The molecule has 1 fully saturated rings. The number of ketones is 1. The van der Waals surface area contributed by atoms with Gasteiger partial charge in [-0.1, -0.05) is 0 Å². The van der Waals surface area contributed by atoms with Gasteiger partial charge < -0.3 is 24.9 Å². The van der Waals surface area contributed by atoms with Crippen molar-refractivity contribution in [3.8, 4) is 0 Å². The largest absolute Gasteiger partial charge is 0.480 e. The summed E-state index contributed by atoms with van der Waals surface area (Å²) >= 11 is 0. The van der Waals surface area contributed by atoms with Crippen LogP contribution in [0, 0.1) is 0 Å². The average molecular weight is 459 g/mol. The number of carboxylic acids is 3. The second-order valence-corrected chi connectivity index (χ2v) is 7.94. The molecule has 0 saturated carbocycles. The highest BCUT2D eigenvalue weighted by molar-refractivity contribution is 5.78. The Balaban J connectivity index is 3.06. The van der Waals surface area contributed by atoms with Gasteiger partial charge in [0.05, 0.1) is 19.6 Å². The van der Waals surface area contributed by atoms with Crippen molar-refractivity contribution in [2.45, 2.75) is 25.8 Å². The number of rotatable bonds is 11. The third-order valence-electron chi connectivity index (χ3n) is 5.42. The fourth-order valence-corrected chi connectivity index (χ4v) is 3.65. The fourth-order valence-electron chi connectivity index (χ4n) is 3.65. The number of aliphatic carboxylic acids is 3. The summed E-state index contributed by atoms with van der Waals surface area (Å²) < 4.78 is 0. The van der Waals surface area contributed by atoms with Crippen LogP contribution in [0.1, 0.15) is 19.8 Å². The number of Topliss-reactive ketones (excluding diaryl/α,β-unsaturated/α-hetero) is 1. The van der Waals surface area contributed by atoms with Gasteiger partial charge in [-0.25, -0.2) is 0 Å². The van der Waals surface area contributed by atoms with E-state index in [-0.39, 0.29) is 51.3 Å². The van der Waals surface area contributed by atoms with E-state index < -0.39 is 23.9 Å². The monoisotopic (exact) mass is 458 g/mol. The first-order valence-electron chi connectivity index (χ1n) is 10.6. The standard InChI is InChI=1S/C20H34N4O8/c1-16(26)2-3-17(20(31)32)24-10-8-21(12-13-25)4-5-22(14-18(27)28)6-7-23(9-11-24)15-19(29)30/h13,17H,2-12,14-15H2,1H3,(H,27,28)(H,29,30)(H,31,32). The van der Waals surface area contributed by atoms with Crippen LogP contribution in [0.4, 0.5) is 0 Å². The van der Waals surface area contributed by atoms with Crippen molar-refractivity contribution in [1.29, 1.82) is 0 Å². The molecule has 1 saturated heterocycles. The van der Waals surface area contributed by atoms with Crippen LogP contribution in [-0.4, -0.2) is 143 Å². The highest BCUT2D eigenvalue weighted by atomic mass is 16.4. The molecule has 0 radical (unpaired) electrons. The minimum Gasteiger partial charge on any atom is -0.480 e. The van der Waals surface area contributed by atoms with Crippen LogP contribution in [0.3, 0.4) is 0 Å². The highest BCUT2D eigenvalue weighted by Gasteiger charge is 2.27. The van der Waals surface area contributed by atoms with E-state index in [9.17, 15) is 34.2 Å². The number of carbonyl (C=O) groups is 5. The summed E-state index contributed by atoms with van der Waals surface area (Å²) in [5.74, 6) is -3.20. The van der Waals surface area contributed by atoms with Crippen molar-refractivity contribution < 1.29 is 39.3 Å². The number of carboxylic acid groups (broad SMARTS) is 3. The number of hydrogen-bond acceptors (Lipinski definition) is 9. The fraction of sp³-hybridized carbons (Fsp3) is 0.750. The third-order valence-corrected chi connectivity index (χ3v) is 5.42. The third kappa shape index (κ3) is 11.3. The normalized spacial score (nSPS) is 19.4. The number of nitrogens with zero attached hydrogens (tertiary/aromatic N) is 4. The van der Waals surface area contributed by atoms with Crippen molar-refractivity contribution in [2.24, 2.45) is 0 Å². The Bertz CT molecular complexity index is 660. The molecule has 0 spiro atoms. The van der Waals surface area contributed by atoms with Gasteiger partial charge in [0.1, 0.15) is 18.1 Å². The van der Waals surface area contributed by atoms with Crippen molar-refractivity contribution >= 4 is 30.0 Å². The zero-order valence-electron chi connectivity index (χ0n) is 18.5. The summed E-state index contributed by atoms with van der Waals surface area (Å²) in [6.07, 6.45) is 1.01. The van der Waals surface area contributed by atoms with Crippen LogP contribution in [0.15, 0.2) is 0 Å². The predicted molar refractivity (Wildman–Crippen MR) is 114 cm³/mol. The second-order valence-electron chi connectivity index (χ2n) is 7.94. The van der Waals surface area contributed by atoms with Gasteiger partial charge in [-0.3, -0.25) is 34.0 Å². The van der Waals surface area contributed by atoms with Gasteiger partial charge in [-0.2, -0.15) is 0 Å². The molecule has 0 aromatic heterocycles. The molecule has 1 unspecified atom stereocenters. The zero-order chi connectivity index (χ0) is 24.1. The molecular formula is C20H34N4O8. The van der Waals surface area contributed by atoms with Crippen molar-refractivity contribution in [2.75, 3.05) is 72.0 Å². The molecule has 1 aliphatic rings. The molecule has 32 heavy (non-hydrogen) atoms. The van der Waals surface area contributed by atoms with Gasteiger partial charge in [0, 0.05) is 58.8 Å². The molecule has 0 aromatic rings. The molecule has 1 heterocycles. The first-order chi connectivity index (χ1) is 15.1. The maximum Gasteiger partial charge on any atom is 0.320 e. The van der Waals surface area contributed by atoms with E-state index in [1.165, 1.54) is 6.92 Å². The number of hydrogen-bond donors (Lipinski definition) is 3. The maximum absolute atomic E-state index is 11.9. The Hall–Kier alpha value is -2.41. The molecule has 1 rings (SSSR count). The molecule has 182 valence electrons. The molecule has 3 N–H and O–H groups in total. The lowest BCUT2D eigenvalue weighted by Crippen LogP contribution is -2.51. The maximum atomic E-state index is 11.9. The average Bonchev–Trinajstić information content (AvgIpc) is 2.68. The molecular weight excluding hydrogens is 424 g/mol. The smallest absolute Gasteiger partial charge is 0.320 e. The Morgan fingerprint density at radius 3 is 1.62 bits per heavy atom. The lowest BCUT2D eigenvalue weighted by Gasteiger charge is -2.35. The lowest BCUT2D eigenvalue weighted by molar-refractivity contribution is -0.144. The minimum absolute atomic E-state index is 0.112. The van der Waals surface area contributed by atoms with Gasteiger partial charge in [0.2, 0.25) is 0 Å². The quantitative estimate of drug-likeness (QED) is 0.305. The number of carbonyl (C=O) groups excluding carboxylic acids is 2. The molecule has 0 amide bonds. The molecule has 0 bridgehead atoms. The molecule has 0 aliphatic carbocycles. The summed E-state index contributed by atoms with van der Waals surface area (Å²) in [4.78, 5) is 63.8. The van der Waals surface area contributed by atoms with Gasteiger partial charge >= 0.3 is 17.9 Å². The summed E-state index contributed by atoms with van der Waals surface area (Å²) in [7, 11) is 0. The van der Waals surface area contributed by atoms with E-state index in [2.05, 4.69) is 0 Å². The van der Waals surface area contributed by atoms with Crippen LogP contribution >= 0.6 is 0 Å². The topological polar surface area (TPSA) is 159 Å². The summed E-state index contributed by atoms with van der Waals surface area (Å²) in [5, 5.41) is 28.1. The van der Waals surface area contributed by atoms with Crippen LogP contribution in [0.25, 0.3) is 0 Å². The van der Waals surface area contributed by atoms with E-state index >= 15 is 0 Å².